The van der Waals surface area contributed by atoms with E-state index in [1.165, 1.54) is 0 Å². The Labute approximate surface area is 114 Å². The third-order valence-corrected chi connectivity index (χ3v) is 3.55. The van der Waals surface area contributed by atoms with Crippen LogP contribution in [0.25, 0.3) is 0 Å². The summed E-state index contributed by atoms with van der Waals surface area (Å²) in [6.07, 6.45) is 1.96. The maximum absolute atomic E-state index is 11.9. The molecule has 1 rings (SSSR count). The molecule has 1 saturated heterocycles. The minimum Gasteiger partial charge on any atom is -0.359 e. The number of carbonyl (C=O) groups excluding carboxylic acids is 2. The Bertz CT molecular complexity index is 356. The first-order valence-electron chi connectivity index (χ1n) is 6.63. The van der Waals surface area contributed by atoms with E-state index in [-0.39, 0.29) is 17.7 Å². The summed E-state index contributed by atoms with van der Waals surface area (Å²) in [5, 5.41) is 11.2. The van der Waals surface area contributed by atoms with Gasteiger partial charge in [-0.05, 0) is 25.9 Å². The second kappa shape index (κ2) is 7.74. The fourth-order valence-electron chi connectivity index (χ4n) is 2.21. The van der Waals surface area contributed by atoms with E-state index in [0.29, 0.717) is 19.5 Å². The number of nitrogens with one attached hydrogen (secondary N) is 1. The van der Waals surface area contributed by atoms with E-state index in [1.54, 1.807) is 19.0 Å². The van der Waals surface area contributed by atoms with Crippen molar-refractivity contribution >= 4 is 11.8 Å². The minimum absolute atomic E-state index is 0.0358. The van der Waals surface area contributed by atoms with Crippen molar-refractivity contribution in [3.05, 3.63) is 0 Å². The Kier molecular flexibility index (Phi) is 6.30. The zero-order valence-electron chi connectivity index (χ0n) is 11.7. The molecule has 0 aromatic carbocycles. The summed E-state index contributed by atoms with van der Waals surface area (Å²) < 4.78 is 0. The third kappa shape index (κ3) is 4.87. The summed E-state index contributed by atoms with van der Waals surface area (Å²) in [6, 6.07) is 2.03. The Hall–Kier alpha value is -1.61. The standard InChI is InChI=1S/C13H22N4O2/c1-15-13(19)11-4-8-17(9-5-11)10-12(18)16(2)7-3-6-14/h11H,3-5,7-10H2,1-2H3,(H,15,19). The molecule has 2 amide bonds. The minimum atomic E-state index is 0.0358. The van der Waals surface area contributed by atoms with Gasteiger partial charge >= 0.3 is 0 Å². The molecule has 1 fully saturated rings. The molecule has 0 bridgehead atoms. The maximum atomic E-state index is 11.9. The topological polar surface area (TPSA) is 76.4 Å². The fourth-order valence-corrected chi connectivity index (χ4v) is 2.21. The van der Waals surface area contributed by atoms with E-state index in [4.69, 9.17) is 5.26 Å². The second-order valence-electron chi connectivity index (χ2n) is 4.89. The summed E-state index contributed by atoms with van der Waals surface area (Å²) in [6.45, 7) is 2.40. The van der Waals surface area contributed by atoms with Crippen LogP contribution in [0.2, 0.25) is 0 Å². The van der Waals surface area contributed by atoms with Gasteiger partial charge in [-0.15, -0.1) is 0 Å². The van der Waals surface area contributed by atoms with Gasteiger partial charge in [0.1, 0.15) is 0 Å². The Morgan fingerprint density at radius 3 is 2.58 bits per heavy atom. The van der Waals surface area contributed by atoms with Crippen LogP contribution in [-0.2, 0) is 9.59 Å². The third-order valence-electron chi connectivity index (χ3n) is 3.55. The summed E-state index contributed by atoms with van der Waals surface area (Å²) in [7, 11) is 3.37. The molecule has 1 aliphatic rings. The van der Waals surface area contributed by atoms with Gasteiger partial charge in [-0.25, -0.2) is 0 Å². The van der Waals surface area contributed by atoms with E-state index in [1.807, 2.05) is 6.07 Å². The zero-order valence-corrected chi connectivity index (χ0v) is 11.7. The van der Waals surface area contributed by atoms with Crippen LogP contribution in [0.3, 0.4) is 0 Å². The molecule has 106 valence electrons. The molecular formula is C13H22N4O2. The highest BCUT2D eigenvalue weighted by molar-refractivity contribution is 5.79. The van der Waals surface area contributed by atoms with Crippen LogP contribution in [0.5, 0.6) is 0 Å². The van der Waals surface area contributed by atoms with Crippen LogP contribution in [-0.4, -0.2) is 61.9 Å². The van der Waals surface area contributed by atoms with E-state index in [0.717, 1.165) is 25.9 Å². The molecule has 0 radical (unpaired) electrons. The van der Waals surface area contributed by atoms with Crippen molar-refractivity contribution in [2.45, 2.75) is 19.3 Å². The van der Waals surface area contributed by atoms with E-state index in [9.17, 15) is 9.59 Å². The van der Waals surface area contributed by atoms with Gasteiger partial charge in [0.25, 0.3) is 0 Å². The molecular weight excluding hydrogens is 244 g/mol. The monoisotopic (exact) mass is 266 g/mol. The second-order valence-corrected chi connectivity index (χ2v) is 4.89. The van der Waals surface area contributed by atoms with Crippen LogP contribution in [0, 0.1) is 17.2 Å². The molecule has 0 saturated carbocycles. The SMILES string of the molecule is CNC(=O)C1CCN(CC(=O)N(C)CCC#N)CC1. The molecule has 0 aliphatic carbocycles. The molecule has 6 nitrogen and oxygen atoms in total. The lowest BCUT2D eigenvalue weighted by atomic mass is 9.96. The summed E-state index contributed by atoms with van der Waals surface area (Å²) in [5.74, 6) is 0.207. The van der Waals surface area contributed by atoms with Crippen LogP contribution < -0.4 is 5.32 Å². The van der Waals surface area contributed by atoms with Gasteiger partial charge < -0.3 is 10.2 Å². The lowest BCUT2D eigenvalue weighted by molar-refractivity contribution is -0.131. The predicted octanol–water partition coefficient (Wildman–Crippen LogP) is -0.184. The lowest BCUT2D eigenvalue weighted by Crippen LogP contribution is -2.44. The molecule has 1 N–H and O–H groups in total. The van der Waals surface area contributed by atoms with Gasteiger partial charge in [0.2, 0.25) is 11.8 Å². The van der Waals surface area contributed by atoms with Crippen LogP contribution >= 0.6 is 0 Å². The molecule has 0 aromatic rings. The molecule has 0 spiro atoms. The van der Waals surface area contributed by atoms with Gasteiger partial charge in [-0.2, -0.15) is 5.26 Å². The summed E-state index contributed by atoms with van der Waals surface area (Å²) >= 11 is 0. The van der Waals surface area contributed by atoms with Crippen LogP contribution in [0.4, 0.5) is 0 Å². The van der Waals surface area contributed by atoms with Crippen molar-refractivity contribution in [3.8, 4) is 6.07 Å². The number of hydrogen-bond acceptors (Lipinski definition) is 4. The van der Waals surface area contributed by atoms with Crippen molar-refractivity contribution in [1.82, 2.24) is 15.1 Å². The number of nitriles is 1. The number of hydrogen-bond donors (Lipinski definition) is 1. The van der Waals surface area contributed by atoms with Crippen molar-refractivity contribution < 1.29 is 9.59 Å². The number of amides is 2. The Morgan fingerprint density at radius 1 is 1.42 bits per heavy atom. The van der Waals surface area contributed by atoms with Crippen molar-refractivity contribution in [3.63, 3.8) is 0 Å². The molecule has 19 heavy (non-hydrogen) atoms. The van der Waals surface area contributed by atoms with Gasteiger partial charge in [0.05, 0.1) is 19.0 Å². The number of piperidine rings is 1. The average Bonchev–Trinajstić information content (AvgIpc) is 2.44. The predicted molar refractivity (Wildman–Crippen MR) is 71.1 cm³/mol. The highest BCUT2D eigenvalue weighted by atomic mass is 16.2. The van der Waals surface area contributed by atoms with E-state index in [2.05, 4.69) is 10.2 Å². The molecule has 1 heterocycles. The van der Waals surface area contributed by atoms with Crippen molar-refractivity contribution in [2.75, 3.05) is 40.3 Å². The number of likely N-dealkylation sites (N-methyl/N-ethyl adjacent to an activating group) is 1. The van der Waals surface area contributed by atoms with Crippen molar-refractivity contribution in [2.24, 2.45) is 5.92 Å². The number of likely N-dealkylation sites (tertiary alicyclic amines) is 1. The molecule has 0 aromatic heterocycles. The molecule has 1 aliphatic heterocycles. The maximum Gasteiger partial charge on any atom is 0.236 e. The summed E-state index contributed by atoms with van der Waals surface area (Å²) in [4.78, 5) is 27.0. The first kappa shape index (κ1) is 15.4. The lowest BCUT2D eigenvalue weighted by Gasteiger charge is -2.31. The normalized spacial score (nSPS) is 16.7. The van der Waals surface area contributed by atoms with E-state index < -0.39 is 0 Å². The van der Waals surface area contributed by atoms with Gasteiger partial charge in [0, 0.05) is 26.6 Å². The largest absolute Gasteiger partial charge is 0.359 e. The van der Waals surface area contributed by atoms with Crippen molar-refractivity contribution in [1.29, 1.82) is 5.26 Å². The quantitative estimate of drug-likeness (QED) is 0.748. The number of carbonyl (C=O) groups is 2. The molecule has 0 unspecified atom stereocenters. The van der Waals surface area contributed by atoms with Gasteiger partial charge in [-0.1, -0.05) is 0 Å². The van der Waals surface area contributed by atoms with Gasteiger partial charge in [-0.3, -0.25) is 14.5 Å². The Balaban J connectivity index is 2.31. The fraction of sp³-hybridized carbons (Fsp3) is 0.769. The van der Waals surface area contributed by atoms with Gasteiger partial charge in [0.15, 0.2) is 0 Å². The highest BCUT2D eigenvalue weighted by Gasteiger charge is 2.25. The molecule has 0 atom stereocenters. The molecule has 6 heteroatoms. The van der Waals surface area contributed by atoms with Crippen LogP contribution in [0.1, 0.15) is 19.3 Å². The summed E-state index contributed by atoms with van der Waals surface area (Å²) in [5.41, 5.74) is 0. The smallest absolute Gasteiger partial charge is 0.236 e. The Morgan fingerprint density at radius 2 is 2.05 bits per heavy atom. The number of rotatable bonds is 5. The first-order valence-corrected chi connectivity index (χ1v) is 6.63. The zero-order chi connectivity index (χ0) is 14.3. The first-order chi connectivity index (χ1) is 9.08. The van der Waals surface area contributed by atoms with Crippen LogP contribution in [0.15, 0.2) is 0 Å². The highest BCUT2D eigenvalue weighted by Crippen LogP contribution is 2.17. The van der Waals surface area contributed by atoms with E-state index >= 15 is 0 Å². The number of nitrogens with zero attached hydrogens (tertiary/aromatic N) is 3. The average molecular weight is 266 g/mol.